The maximum Gasteiger partial charge on any atom is 0.326 e. The van der Waals surface area contributed by atoms with E-state index in [1.54, 1.807) is 24.3 Å². The van der Waals surface area contributed by atoms with Crippen molar-refractivity contribution in [1.29, 1.82) is 0 Å². The molecule has 0 saturated heterocycles. The molecule has 0 bridgehead atoms. The number of esters is 1. The van der Waals surface area contributed by atoms with Crippen molar-refractivity contribution in [3.8, 4) is 0 Å². The van der Waals surface area contributed by atoms with Gasteiger partial charge in [-0.05, 0) is 23.8 Å². The molecule has 2 aromatic carbocycles. The van der Waals surface area contributed by atoms with Gasteiger partial charge in [-0.25, -0.2) is 4.98 Å². The van der Waals surface area contributed by atoms with Crippen LogP contribution < -0.4 is 5.56 Å². The fourth-order valence-corrected chi connectivity index (χ4v) is 2.34. The summed E-state index contributed by atoms with van der Waals surface area (Å²) in [7, 11) is 0. The van der Waals surface area contributed by atoms with Crippen LogP contribution in [0, 0.1) is 0 Å². The third-order valence-electron chi connectivity index (χ3n) is 3.49. The average molecular weight is 320 g/mol. The van der Waals surface area contributed by atoms with Gasteiger partial charge >= 0.3 is 5.97 Å². The Bertz CT molecular complexity index is 930. The molecular weight excluding hydrogens is 304 g/mol. The second-order valence-corrected chi connectivity index (χ2v) is 5.17. The molecule has 0 aliphatic rings. The summed E-state index contributed by atoms with van der Waals surface area (Å²) in [6.45, 7) is 0.0204. The monoisotopic (exact) mass is 320 g/mol. The summed E-state index contributed by atoms with van der Waals surface area (Å²) in [5.41, 5.74) is 1.98. The number of para-hydroxylation sites is 2. The molecule has 0 amide bonds. The summed E-state index contributed by atoms with van der Waals surface area (Å²) in [5, 5.41) is 0. The maximum atomic E-state index is 12.0. The van der Waals surface area contributed by atoms with E-state index in [-0.39, 0.29) is 18.7 Å². The lowest BCUT2D eigenvalue weighted by atomic mass is 10.2. The number of rotatable bonds is 5. The largest absolute Gasteiger partial charge is 0.460 e. The highest BCUT2D eigenvalue weighted by Crippen LogP contribution is 2.08. The van der Waals surface area contributed by atoms with Crippen molar-refractivity contribution in [1.82, 2.24) is 9.55 Å². The Morgan fingerprint density at radius 1 is 1.08 bits per heavy atom. The minimum Gasteiger partial charge on any atom is -0.460 e. The lowest BCUT2D eigenvalue weighted by Crippen LogP contribution is -2.25. The summed E-state index contributed by atoms with van der Waals surface area (Å²) in [5.74, 6) is -0.467. The molecule has 1 aromatic heterocycles. The van der Waals surface area contributed by atoms with E-state index in [0.717, 1.165) is 5.56 Å². The van der Waals surface area contributed by atoms with E-state index in [1.165, 1.54) is 10.8 Å². The number of carbonyl (C=O) groups is 1. The van der Waals surface area contributed by atoms with Crippen LogP contribution in [0.4, 0.5) is 0 Å². The summed E-state index contributed by atoms with van der Waals surface area (Å²) in [6, 6.07) is 16.9. The number of ether oxygens (including phenoxy) is 1. The predicted octanol–water partition coefficient (Wildman–Crippen LogP) is 2.65. The van der Waals surface area contributed by atoms with Crippen molar-refractivity contribution in [2.75, 3.05) is 6.61 Å². The quantitative estimate of drug-likeness (QED) is 0.678. The Kier molecular flexibility index (Phi) is 4.81. The molecule has 0 aliphatic heterocycles. The van der Waals surface area contributed by atoms with Gasteiger partial charge in [0.15, 0.2) is 0 Å². The fraction of sp³-hybridized carbons (Fsp3) is 0.105. The Balaban J connectivity index is 1.64. The number of carbonyl (C=O) groups excluding carboxylic acids is 1. The lowest BCUT2D eigenvalue weighted by molar-refractivity contribution is -0.143. The molecule has 5 heteroatoms. The van der Waals surface area contributed by atoms with Crippen LogP contribution in [0.3, 0.4) is 0 Å². The van der Waals surface area contributed by atoms with Crippen molar-refractivity contribution >= 4 is 23.1 Å². The van der Waals surface area contributed by atoms with Gasteiger partial charge in [-0.1, -0.05) is 48.5 Å². The van der Waals surface area contributed by atoms with Crippen LogP contribution >= 0.6 is 0 Å². The summed E-state index contributed by atoms with van der Waals surface area (Å²) < 4.78 is 6.53. The molecule has 3 aromatic rings. The molecule has 24 heavy (non-hydrogen) atoms. The summed E-state index contributed by atoms with van der Waals surface area (Å²) >= 11 is 0. The molecule has 0 N–H and O–H groups in total. The van der Waals surface area contributed by atoms with Gasteiger partial charge in [0.1, 0.15) is 13.2 Å². The highest BCUT2D eigenvalue weighted by molar-refractivity contribution is 5.77. The molecule has 1 heterocycles. The minimum atomic E-state index is -0.467. The molecule has 3 rings (SSSR count). The molecule has 0 fully saturated rings. The van der Waals surface area contributed by atoms with E-state index in [2.05, 4.69) is 4.98 Å². The molecule has 0 saturated carbocycles. The van der Waals surface area contributed by atoms with Gasteiger partial charge < -0.3 is 4.74 Å². The standard InChI is InChI=1S/C19H16N2O3/c22-18-13-20-16-10-4-5-11-17(16)21(18)14-19(23)24-12-6-9-15-7-2-1-3-8-15/h1-11,13H,12,14H2/b9-6+. The number of hydrogen-bond donors (Lipinski definition) is 0. The Morgan fingerprint density at radius 2 is 1.83 bits per heavy atom. The summed E-state index contributed by atoms with van der Waals surface area (Å²) in [4.78, 5) is 28.0. The van der Waals surface area contributed by atoms with Gasteiger partial charge in [0.05, 0.1) is 17.2 Å². The first-order chi connectivity index (χ1) is 11.7. The lowest BCUT2D eigenvalue weighted by Gasteiger charge is -2.08. The molecule has 120 valence electrons. The van der Waals surface area contributed by atoms with Gasteiger partial charge in [0, 0.05) is 0 Å². The second-order valence-electron chi connectivity index (χ2n) is 5.17. The van der Waals surface area contributed by atoms with Gasteiger partial charge in [-0.3, -0.25) is 14.2 Å². The Hall–Kier alpha value is -3.21. The zero-order valence-electron chi connectivity index (χ0n) is 13.0. The third kappa shape index (κ3) is 3.76. The number of aromatic nitrogens is 2. The van der Waals surface area contributed by atoms with E-state index in [0.29, 0.717) is 11.0 Å². The zero-order valence-corrected chi connectivity index (χ0v) is 13.0. The highest BCUT2D eigenvalue weighted by atomic mass is 16.5. The molecule has 0 atom stereocenters. The third-order valence-corrected chi connectivity index (χ3v) is 3.49. The predicted molar refractivity (Wildman–Crippen MR) is 92.4 cm³/mol. The summed E-state index contributed by atoms with van der Waals surface area (Å²) in [6.07, 6.45) is 4.85. The SMILES string of the molecule is O=C(Cn1c(=O)cnc2ccccc21)OC/C=C/c1ccccc1. The van der Waals surface area contributed by atoms with Crippen LogP contribution in [0.15, 0.2) is 71.7 Å². The van der Waals surface area contributed by atoms with Gasteiger partial charge in [-0.2, -0.15) is 0 Å². The topological polar surface area (TPSA) is 61.2 Å². The molecule has 0 spiro atoms. The Morgan fingerprint density at radius 3 is 2.67 bits per heavy atom. The van der Waals surface area contributed by atoms with Crippen molar-refractivity contribution < 1.29 is 9.53 Å². The highest BCUT2D eigenvalue weighted by Gasteiger charge is 2.09. The number of fused-ring (bicyclic) bond motifs is 1. The fourth-order valence-electron chi connectivity index (χ4n) is 2.34. The van der Waals surface area contributed by atoms with Crippen LogP contribution in [0.2, 0.25) is 0 Å². The first-order valence-electron chi connectivity index (χ1n) is 7.56. The molecular formula is C19H16N2O3. The van der Waals surface area contributed by atoms with Crippen LogP contribution in [0.25, 0.3) is 17.1 Å². The van der Waals surface area contributed by atoms with E-state index >= 15 is 0 Å². The van der Waals surface area contributed by atoms with Gasteiger partial charge in [-0.15, -0.1) is 0 Å². The number of hydrogen-bond acceptors (Lipinski definition) is 4. The molecule has 0 radical (unpaired) electrons. The first kappa shape index (κ1) is 15.7. The molecule has 0 unspecified atom stereocenters. The zero-order chi connectivity index (χ0) is 16.8. The van der Waals surface area contributed by atoms with Crippen molar-refractivity contribution in [2.24, 2.45) is 0 Å². The second kappa shape index (κ2) is 7.37. The van der Waals surface area contributed by atoms with Crippen LogP contribution in [0.5, 0.6) is 0 Å². The van der Waals surface area contributed by atoms with Crippen molar-refractivity contribution in [2.45, 2.75) is 6.54 Å². The van der Waals surface area contributed by atoms with E-state index < -0.39 is 5.97 Å². The minimum absolute atomic E-state index is 0.138. The first-order valence-corrected chi connectivity index (χ1v) is 7.56. The van der Waals surface area contributed by atoms with E-state index in [1.807, 2.05) is 42.5 Å². The van der Waals surface area contributed by atoms with Gasteiger partial charge in [0.2, 0.25) is 0 Å². The maximum absolute atomic E-state index is 12.0. The number of nitrogens with zero attached hydrogens (tertiary/aromatic N) is 2. The average Bonchev–Trinajstić information content (AvgIpc) is 2.62. The van der Waals surface area contributed by atoms with Gasteiger partial charge in [0.25, 0.3) is 5.56 Å². The van der Waals surface area contributed by atoms with Crippen molar-refractivity contribution in [3.05, 3.63) is 82.8 Å². The van der Waals surface area contributed by atoms with Crippen LogP contribution in [-0.4, -0.2) is 22.1 Å². The smallest absolute Gasteiger partial charge is 0.326 e. The number of benzene rings is 2. The van der Waals surface area contributed by atoms with Crippen molar-refractivity contribution in [3.63, 3.8) is 0 Å². The van der Waals surface area contributed by atoms with Crippen LogP contribution in [0.1, 0.15) is 5.56 Å². The van der Waals surface area contributed by atoms with Crippen LogP contribution in [-0.2, 0) is 16.1 Å². The van der Waals surface area contributed by atoms with E-state index in [4.69, 9.17) is 4.74 Å². The van der Waals surface area contributed by atoms with E-state index in [9.17, 15) is 9.59 Å². The normalized spacial score (nSPS) is 11.0. The Labute approximate surface area is 138 Å². The molecule has 5 nitrogen and oxygen atoms in total. The molecule has 0 aliphatic carbocycles.